The average Bonchev–Trinajstić information content (AvgIpc) is 3.32. The third-order valence-corrected chi connectivity index (χ3v) is 3.97. The number of carbonyl (C=O) groups is 1. The third kappa shape index (κ3) is 3.28. The van der Waals surface area contributed by atoms with Crippen molar-refractivity contribution in [1.82, 2.24) is 19.3 Å². The van der Waals surface area contributed by atoms with Crippen molar-refractivity contribution in [2.24, 2.45) is 0 Å². The van der Waals surface area contributed by atoms with Crippen LogP contribution in [0.25, 0.3) is 5.52 Å². The zero-order valence-corrected chi connectivity index (χ0v) is 13.4. The Kier molecular flexibility index (Phi) is 4.00. The van der Waals surface area contributed by atoms with Gasteiger partial charge in [-0.3, -0.25) is 9.78 Å². The van der Waals surface area contributed by atoms with Crippen molar-refractivity contribution in [3.05, 3.63) is 90.7 Å². The quantitative estimate of drug-likeness (QED) is 0.563. The third-order valence-electron chi connectivity index (χ3n) is 3.97. The molecule has 4 rings (SSSR count). The molecule has 0 aliphatic heterocycles. The number of imidazole rings is 1. The summed E-state index contributed by atoms with van der Waals surface area (Å²) in [6, 6.07) is 11.1. The molecule has 25 heavy (non-hydrogen) atoms. The Hall–Kier alpha value is -3.41. The van der Waals surface area contributed by atoms with Crippen LogP contribution < -0.4 is 0 Å². The van der Waals surface area contributed by atoms with Crippen LogP contribution in [0.15, 0.2) is 78.2 Å². The number of rotatable bonds is 5. The zero-order chi connectivity index (χ0) is 17.1. The number of pyridine rings is 2. The highest BCUT2D eigenvalue weighted by molar-refractivity contribution is 5.95. The fourth-order valence-electron chi connectivity index (χ4n) is 2.74. The normalized spacial score (nSPS) is 10.9. The van der Waals surface area contributed by atoms with Gasteiger partial charge in [-0.15, -0.1) is 0 Å². The van der Waals surface area contributed by atoms with Gasteiger partial charge in [0.2, 0.25) is 0 Å². The Morgan fingerprint density at radius 3 is 2.88 bits per heavy atom. The van der Waals surface area contributed by atoms with E-state index >= 15 is 0 Å². The van der Waals surface area contributed by atoms with Crippen LogP contribution in [0.3, 0.4) is 0 Å². The molecule has 0 saturated carbocycles. The summed E-state index contributed by atoms with van der Waals surface area (Å²) in [4.78, 5) is 23.0. The first kappa shape index (κ1) is 15.1. The molecular weight excluding hydrogens is 316 g/mol. The predicted molar refractivity (Wildman–Crippen MR) is 91.7 cm³/mol. The maximum atomic E-state index is 13.1. The first-order valence-electron chi connectivity index (χ1n) is 7.92. The lowest BCUT2D eigenvalue weighted by Gasteiger charge is -2.22. The highest BCUT2D eigenvalue weighted by Crippen LogP contribution is 2.15. The summed E-state index contributed by atoms with van der Waals surface area (Å²) < 4.78 is 7.29. The second-order valence-corrected chi connectivity index (χ2v) is 5.74. The molecule has 0 fully saturated rings. The van der Waals surface area contributed by atoms with Crippen molar-refractivity contribution in [2.45, 2.75) is 13.1 Å². The summed E-state index contributed by atoms with van der Waals surface area (Å²) in [7, 11) is 0. The van der Waals surface area contributed by atoms with E-state index in [0.717, 1.165) is 16.8 Å². The van der Waals surface area contributed by atoms with Crippen LogP contribution in [0.5, 0.6) is 0 Å². The topological polar surface area (TPSA) is 63.6 Å². The van der Waals surface area contributed by atoms with Gasteiger partial charge in [-0.1, -0.05) is 6.07 Å². The van der Waals surface area contributed by atoms with Crippen molar-refractivity contribution in [3.63, 3.8) is 0 Å². The van der Waals surface area contributed by atoms with Crippen molar-refractivity contribution >= 4 is 11.4 Å². The number of hydrogen-bond donors (Lipinski definition) is 0. The van der Waals surface area contributed by atoms with Crippen LogP contribution in [0, 0.1) is 0 Å². The molecule has 6 nitrogen and oxygen atoms in total. The summed E-state index contributed by atoms with van der Waals surface area (Å²) in [5.74, 6) is 0.673. The molecule has 4 aromatic rings. The lowest BCUT2D eigenvalue weighted by molar-refractivity contribution is 0.0717. The molecule has 1 amide bonds. The van der Waals surface area contributed by atoms with Crippen LogP contribution in [-0.2, 0) is 13.1 Å². The van der Waals surface area contributed by atoms with E-state index in [1.54, 1.807) is 42.1 Å². The molecule has 4 aromatic heterocycles. The fourth-order valence-corrected chi connectivity index (χ4v) is 2.74. The molecule has 0 atom stereocenters. The van der Waals surface area contributed by atoms with Gasteiger partial charge in [0, 0.05) is 30.7 Å². The minimum atomic E-state index is -0.0658. The molecule has 124 valence electrons. The molecule has 0 radical (unpaired) electrons. The van der Waals surface area contributed by atoms with E-state index in [4.69, 9.17) is 4.42 Å². The predicted octanol–water partition coefficient (Wildman–Crippen LogP) is 3.16. The Labute approximate surface area is 144 Å². The first-order valence-corrected chi connectivity index (χ1v) is 7.92. The SMILES string of the molecule is O=C(c1ccn2cncc2c1)N(Cc1cccnc1)Cc1ccco1. The van der Waals surface area contributed by atoms with E-state index < -0.39 is 0 Å². The smallest absolute Gasteiger partial charge is 0.254 e. The molecule has 0 aliphatic carbocycles. The van der Waals surface area contributed by atoms with Gasteiger partial charge < -0.3 is 13.7 Å². The van der Waals surface area contributed by atoms with Crippen molar-refractivity contribution in [2.75, 3.05) is 0 Å². The molecule has 6 heteroatoms. The summed E-state index contributed by atoms with van der Waals surface area (Å²) in [5, 5.41) is 0. The maximum Gasteiger partial charge on any atom is 0.254 e. The Morgan fingerprint density at radius 2 is 2.08 bits per heavy atom. The largest absolute Gasteiger partial charge is 0.467 e. The van der Waals surface area contributed by atoms with Gasteiger partial charge in [0.1, 0.15) is 5.76 Å². The number of aromatic nitrogens is 3. The first-order chi connectivity index (χ1) is 12.3. The van der Waals surface area contributed by atoms with Gasteiger partial charge in [0.25, 0.3) is 5.91 Å². The standard InChI is InChI=1S/C19H16N4O2/c24-19(16-5-7-22-14-21-11-17(22)9-16)23(13-18-4-2-8-25-18)12-15-3-1-6-20-10-15/h1-11,14H,12-13H2. The van der Waals surface area contributed by atoms with Crippen molar-refractivity contribution in [3.8, 4) is 0 Å². The average molecular weight is 332 g/mol. The van der Waals surface area contributed by atoms with Crippen LogP contribution in [0.2, 0.25) is 0 Å². The van der Waals surface area contributed by atoms with Gasteiger partial charge in [-0.2, -0.15) is 0 Å². The van der Waals surface area contributed by atoms with Gasteiger partial charge in [-0.25, -0.2) is 4.98 Å². The van der Waals surface area contributed by atoms with Crippen LogP contribution >= 0.6 is 0 Å². The highest BCUT2D eigenvalue weighted by atomic mass is 16.3. The van der Waals surface area contributed by atoms with Gasteiger partial charge in [0.15, 0.2) is 0 Å². The van der Waals surface area contributed by atoms with Crippen molar-refractivity contribution in [1.29, 1.82) is 0 Å². The number of carbonyl (C=O) groups excluding carboxylic acids is 1. The minimum absolute atomic E-state index is 0.0658. The van der Waals surface area contributed by atoms with Gasteiger partial charge >= 0.3 is 0 Å². The summed E-state index contributed by atoms with van der Waals surface area (Å²) in [6.45, 7) is 0.850. The van der Waals surface area contributed by atoms with E-state index in [0.29, 0.717) is 18.7 Å². The molecule has 0 aliphatic rings. The lowest BCUT2D eigenvalue weighted by atomic mass is 10.2. The number of furan rings is 1. The maximum absolute atomic E-state index is 13.1. The number of amides is 1. The minimum Gasteiger partial charge on any atom is -0.467 e. The van der Waals surface area contributed by atoms with Gasteiger partial charge in [-0.05, 0) is 35.9 Å². The van der Waals surface area contributed by atoms with Gasteiger partial charge in [0.05, 0.1) is 30.8 Å². The van der Waals surface area contributed by atoms with Crippen molar-refractivity contribution < 1.29 is 9.21 Å². The number of fused-ring (bicyclic) bond motifs is 1. The molecule has 0 aromatic carbocycles. The van der Waals surface area contributed by atoms with E-state index in [-0.39, 0.29) is 5.91 Å². The van der Waals surface area contributed by atoms with E-state index in [1.807, 2.05) is 40.9 Å². The lowest BCUT2D eigenvalue weighted by Crippen LogP contribution is -2.30. The molecule has 0 saturated heterocycles. The molecule has 0 spiro atoms. The number of hydrogen-bond acceptors (Lipinski definition) is 4. The molecular formula is C19H16N4O2. The molecule has 0 unspecified atom stereocenters. The van der Waals surface area contributed by atoms with Crippen LogP contribution in [0.4, 0.5) is 0 Å². The molecule has 4 heterocycles. The van der Waals surface area contributed by atoms with E-state index in [2.05, 4.69) is 9.97 Å². The second kappa shape index (κ2) is 6.60. The summed E-state index contributed by atoms with van der Waals surface area (Å²) >= 11 is 0. The molecule has 0 bridgehead atoms. The Balaban J connectivity index is 1.64. The Bertz CT molecular complexity index is 977. The Morgan fingerprint density at radius 1 is 1.12 bits per heavy atom. The highest BCUT2D eigenvalue weighted by Gasteiger charge is 2.18. The molecule has 0 N–H and O–H groups in total. The van der Waals surface area contributed by atoms with Crippen LogP contribution in [0.1, 0.15) is 21.7 Å². The number of nitrogens with zero attached hydrogens (tertiary/aromatic N) is 4. The zero-order valence-electron chi connectivity index (χ0n) is 13.4. The second-order valence-electron chi connectivity index (χ2n) is 5.74. The summed E-state index contributed by atoms with van der Waals surface area (Å²) in [6.07, 6.45) is 10.4. The summed E-state index contributed by atoms with van der Waals surface area (Å²) in [5.41, 5.74) is 2.46. The fraction of sp³-hybridized carbons (Fsp3) is 0.105. The van der Waals surface area contributed by atoms with Crippen LogP contribution in [-0.4, -0.2) is 25.2 Å². The van der Waals surface area contributed by atoms with E-state index in [9.17, 15) is 4.79 Å². The monoisotopic (exact) mass is 332 g/mol. The van der Waals surface area contributed by atoms with E-state index in [1.165, 1.54) is 0 Å².